The Morgan fingerprint density at radius 1 is 0.800 bits per heavy atom. The third-order valence-corrected chi connectivity index (χ3v) is 10.1. The van der Waals surface area contributed by atoms with Gasteiger partial charge in [0.05, 0.1) is 55.7 Å². The highest BCUT2D eigenvalue weighted by molar-refractivity contribution is 6.06. The van der Waals surface area contributed by atoms with Crippen molar-refractivity contribution in [1.29, 1.82) is 0 Å². The van der Waals surface area contributed by atoms with Gasteiger partial charge < -0.3 is 29.2 Å². The molecule has 4 atom stereocenters. The number of carbonyl (C=O) groups is 3. The number of alkyl carbamates (subject to hydrolysis) is 1. The lowest BCUT2D eigenvalue weighted by molar-refractivity contribution is -0.252. The number of benzene rings is 5. The van der Waals surface area contributed by atoms with E-state index in [1.807, 2.05) is 128 Å². The van der Waals surface area contributed by atoms with E-state index in [4.69, 9.17) is 14.2 Å². The fourth-order valence-electron chi connectivity index (χ4n) is 7.14. The Kier molecular flexibility index (Phi) is 10.5. The van der Waals surface area contributed by atoms with Crippen molar-refractivity contribution in [2.75, 3.05) is 0 Å². The number of aliphatic hydroxyl groups excluding tert-OH is 1. The maximum absolute atomic E-state index is 13.2. The third-order valence-electron chi connectivity index (χ3n) is 10.1. The fourth-order valence-corrected chi connectivity index (χ4v) is 7.14. The minimum Gasteiger partial charge on any atom is -0.445 e. The number of imidazole rings is 1. The number of ether oxygens (including phenoxy) is 3. The number of hydrogen-bond donors (Lipinski definition) is 2. The molecule has 0 aliphatic carbocycles. The van der Waals surface area contributed by atoms with Crippen molar-refractivity contribution >= 4 is 28.9 Å². The number of aliphatic hydroxyl groups is 1. The van der Waals surface area contributed by atoms with Gasteiger partial charge in [0.15, 0.2) is 6.29 Å². The molecular weight excluding hydrogens is 697 g/mol. The quantitative estimate of drug-likeness (QED) is 0.136. The largest absolute Gasteiger partial charge is 0.445 e. The molecule has 2 N–H and O–H groups in total. The average molecular weight is 737 g/mol. The SMILES string of the molecule is O=C(NC1CC(=O)N(Cc2cccc(-c3ccc(C4OC(Cn5cnc6ccccc65)CC(c5ccc(CO)cc5)O4)cc3)c2)C1=O)OCc1ccccc1. The van der Waals surface area contributed by atoms with Crippen molar-refractivity contribution < 1.29 is 33.7 Å². The molecule has 1 aromatic heterocycles. The predicted octanol–water partition coefficient (Wildman–Crippen LogP) is 7.00. The molecule has 11 nitrogen and oxygen atoms in total. The van der Waals surface area contributed by atoms with Crippen LogP contribution < -0.4 is 5.32 Å². The summed E-state index contributed by atoms with van der Waals surface area (Å²) in [7, 11) is 0. The molecule has 2 fully saturated rings. The normalized spacial score (nSPS) is 19.8. The molecule has 8 rings (SSSR count). The molecule has 11 heteroatoms. The van der Waals surface area contributed by atoms with Crippen molar-refractivity contribution in [2.45, 2.75) is 63.7 Å². The molecule has 0 saturated carbocycles. The van der Waals surface area contributed by atoms with Gasteiger partial charge in [-0.25, -0.2) is 9.78 Å². The average Bonchev–Trinajstić information content (AvgIpc) is 3.75. The summed E-state index contributed by atoms with van der Waals surface area (Å²) in [5.41, 5.74) is 8.14. The van der Waals surface area contributed by atoms with Gasteiger partial charge in [0.1, 0.15) is 12.6 Å². The number of aromatic nitrogens is 2. The first kappa shape index (κ1) is 35.9. The topological polar surface area (TPSA) is 132 Å². The van der Waals surface area contributed by atoms with Gasteiger partial charge in [0.2, 0.25) is 5.91 Å². The maximum Gasteiger partial charge on any atom is 0.408 e. The molecule has 278 valence electrons. The molecule has 0 spiro atoms. The summed E-state index contributed by atoms with van der Waals surface area (Å²) in [6, 6.07) is 39.8. The number of fused-ring (bicyclic) bond motifs is 1. The summed E-state index contributed by atoms with van der Waals surface area (Å²) in [6.45, 7) is 0.723. The van der Waals surface area contributed by atoms with Crippen LogP contribution in [0, 0.1) is 0 Å². The predicted molar refractivity (Wildman–Crippen MR) is 204 cm³/mol. The van der Waals surface area contributed by atoms with Gasteiger partial charge in [-0.1, -0.05) is 109 Å². The minimum atomic E-state index is -0.978. The number of amides is 3. The second kappa shape index (κ2) is 16.1. The van der Waals surface area contributed by atoms with Crippen LogP contribution in [0.2, 0.25) is 0 Å². The molecule has 0 bridgehead atoms. The number of nitrogens with one attached hydrogen (secondary N) is 1. The Bertz CT molecular complexity index is 2290. The van der Waals surface area contributed by atoms with E-state index in [9.17, 15) is 19.5 Å². The smallest absolute Gasteiger partial charge is 0.408 e. The number of imide groups is 1. The van der Waals surface area contributed by atoms with Crippen LogP contribution in [0.5, 0.6) is 0 Å². The molecule has 4 unspecified atom stereocenters. The number of hydrogen-bond acceptors (Lipinski definition) is 8. The Hall–Kier alpha value is -6.14. The third kappa shape index (κ3) is 8.19. The van der Waals surface area contributed by atoms with Crippen LogP contribution in [0.15, 0.2) is 134 Å². The molecular formula is C44H40N4O7. The highest BCUT2D eigenvalue weighted by atomic mass is 16.7. The molecule has 6 aromatic rings. The van der Waals surface area contributed by atoms with Gasteiger partial charge in [0.25, 0.3) is 5.91 Å². The van der Waals surface area contributed by atoms with E-state index >= 15 is 0 Å². The van der Waals surface area contributed by atoms with Gasteiger partial charge in [-0.3, -0.25) is 14.5 Å². The number of rotatable bonds is 11. The Balaban J connectivity index is 0.941. The minimum absolute atomic E-state index is 0.0243. The van der Waals surface area contributed by atoms with Crippen LogP contribution >= 0.6 is 0 Å². The van der Waals surface area contributed by atoms with Gasteiger partial charge in [-0.05, 0) is 51.6 Å². The lowest BCUT2D eigenvalue weighted by atomic mass is 9.99. The number of nitrogens with zero attached hydrogens (tertiary/aromatic N) is 3. The molecule has 2 aliphatic rings. The first-order valence-corrected chi connectivity index (χ1v) is 18.3. The van der Waals surface area contributed by atoms with Crippen molar-refractivity contribution in [3.05, 3.63) is 162 Å². The van der Waals surface area contributed by atoms with Gasteiger partial charge in [0, 0.05) is 12.0 Å². The Labute approximate surface area is 318 Å². The fraction of sp³-hybridized carbons (Fsp3) is 0.227. The van der Waals surface area contributed by atoms with Gasteiger partial charge >= 0.3 is 6.09 Å². The molecule has 3 heterocycles. The zero-order valence-corrected chi connectivity index (χ0v) is 30.0. The van der Waals surface area contributed by atoms with Crippen LogP contribution in [0.1, 0.15) is 53.1 Å². The molecule has 55 heavy (non-hydrogen) atoms. The van der Waals surface area contributed by atoms with Crippen LogP contribution in [-0.4, -0.2) is 49.6 Å². The number of likely N-dealkylation sites (tertiary alicyclic amines) is 1. The zero-order valence-electron chi connectivity index (χ0n) is 30.0. The molecule has 5 aromatic carbocycles. The maximum atomic E-state index is 13.2. The standard InChI is InChI=1S/C44H40N4O7/c49-26-29-13-15-33(16-14-29)40-22-36(25-47-28-45-37-11-4-5-12-39(37)47)54-43(55-40)34-19-17-32(18-20-34)35-10-6-9-31(21-35)24-48-41(50)23-38(42(48)51)46-44(52)53-27-30-7-2-1-3-8-30/h1-21,28,36,38,40,43,49H,22-27H2,(H,46,52). The Morgan fingerprint density at radius 2 is 1.55 bits per heavy atom. The summed E-state index contributed by atoms with van der Waals surface area (Å²) in [6.07, 6.45) is 0.599. The van der Waals surface area contributed by atoms with Crippen LogP contribution in [0.4, 0.5) is 4.79 Å². The summed E-state index contributed by atoms with van der Waals surface area (Å²) < 4.78 is 20.6. The van der Waals surface area contributed by atoms with E-state index in [2.05, 4.69) is 20.9 Å². The molecule has 3 amide bonds. The number of para-hydroxylation sites is 2. The van der Waals surface area contributed by atoms with Crippen molar-refractivity contribution in [3.8, 4) is 11.1 Å². The Morgan fingerprint density at radius 3 is 2.35 bits per heavy atom. The summed E-state index contributed by atoms with van der Waals surface area (Å²) in [4.78, 5) is 44.2. The molecule has 2 aliphatic heterocycles. The first-order valence-electron chi connectivity index (χ1n) is 18.3. The summed E-state index contributed by atoms with van der Waals surface area (Å²) in [5.74, 6) is -0.825. The van der Waals surface area contributed by atoms with Crippen LogP contribution in [-0.2, 0) is 50.1 Å². The van der Waals surface area contributed by atoms with Crippen LogP contribution in [0.25, 0.3) is 22.2 Å². The second-order valence-electron chi connectivity index (χ2n) is 13.8. The summed E-state index contributed by atoms with van der Waals surface area (Å²) in [5, 5.41) is 12.1. The van der Waals surface area contributed by atoms with Gasteiger partial charge in [-0.2, -0.15) is 0 Å². The van der Waals surface area contributed by atoms with Crippen molar-refractivity contribution in [2.24, 2.45) is 0 Å². The number of carbonyl (C=O) groups excluding carboxylic acids is 3. The highest BCUT2D eigenvalue weighted by Crippen LogP contribution is 2.39. The zero-order chi connectivity index (χ0) is 37.7. The van der Waals surface area contributed by atoms with Gasteiger partial charge in [-0.15, -0.1) is 0 Å². The summed E-state index contributed by atoms with van der Waals surface area (Å²) >= 11 is 0. The van der Waals surface area contributed by atoms with Crippen molar-refractivity contribution in [1.82, 2.24) is 19.8 Å². The van der Waals surface area contributed by atoms with E-state index in [1.165, 1.54) is 4.90 Å². The first-order chi connectivity index (χ1) is 26.9. The highest BCUT2D eigenvalue weighted by Gasteiger charge is 2.40. The lowest BCUT2D eigenvalue weighted by Gasteiger charge is -2.36. The van der Waals surface area contributed by atoms with Crippen molar-refractivity contribution in [3.63, 3.8) is 0 Å². The van der Waals surface area contributed by atoms with E-state index in [1.54, 1.807) is 0 Å². The van der Waals surface area contributed by atoms with E-state index in [0.29, 0.717) is 13.0 Å². The lowest BCUT2D eigenvalue weighted by Crippen LogP contribution is -2.41. The van der Waals surface area contributed by atoms with E-state index in [0.717, 1.165) is 50.0 Å². The second-order valence-corrected chi connectivity index (χ2v) is 13.8. The monoisotopic (exact) mass is 736 g/mol. The van der Waals surface area contributed by atoms with E-state index < -0.39 is 24.3 Å². The molecule has 0 radical (unpaired) electrons. The van der Waals surface area contributed by atoms with Crippen LogP contribution in [0.3, 0.4) is 0 Å². The molecule has 2 saturated heterocycles. The van der Waals surface area contributed by atoms with E-state index in [-0.39, 0.29) is 44.3 Å².